The third-order valence-electron chi connectivity index (χ3n) is 3.50. The average molecular weight is 275 g/mol. The molecular formula is C16H21NO3. The molecule has 2 amide bonds. The van der Waals surface area contributed by atoms with E-state index < -0.39 is 22.6 Å². The fraction of sp³-hybridized carbons (Fsp3) is 0.375. The molecule has 0 aromatic heterocycles. The van der Waals surface area contributed by atoms with Crippen LogP contribution >= 0.6 is 0 Å². The molecule has 0 radical (unpaired) electrons. The van der Waals surface area contributed by atoms with Gasteiger partial charge in [0.1, 0.15) is 10.8 Å². The second kappa shape index (κ2) is 6.01. The van der Waals surface area contributed by atoms with Crippen LogP contribution in [0.3, 0.4) is 0 Å². The van der Waals surface area contributed by atoms with Gasteiger partial charge in [-0.05, 0) is 27.7 Å². The van der Waals surface area contributed by atoms with Crippen molar-refractivity contribution in [3.8, 4) is 0 Å². The number of imide groups is 1. The highest BCUT2D eigenvalue weighted by molar-refractivity contribution is 6.12. The molecule has 0 spiro atoms. The maximum atomic E-state index is 12.5. The van der Waals surface area contributed by atoms with Crippen LogP contribution in [0.5, 0.6) is 0 Å². The van der Waals surface area contributed by atoms with E-state index in [-0.39, 0.29) is 5.06 Å². The minimum Gasteiger partial charge on any atom is -0.278 e. The molecule has 0 unspecified atom stereocenters. The van der Waals surface area contributed by atoms with Crippen molar-refractivity contribution in [1.82, 2.24) is 5.06 Å². The number of carbonyl (C=O) groups excluding carboxylic acids is 2. The van der Waals surface area contributed by atoms with Crippen molar-refractivity contribution >= 4 is 11.8 Å². The van der Waals surface area contributed by atoms with Crippen LogP contribution in [0.1, 0.15) is 27.7 Å². The summed E-state index contributed by atoms with van der Waals surface area (Å²) in [6.07, 6.45) is 13.5. The molecule has 0 atom stereocenters. The highest BCUT2D eigenvalue weighted by Crippen LogP contribution is 2.52. The molecule has 0 aromatic carbocycles. The third kappa shape index (κ3) is 1.96. The van der Waals surface area contributed by atoms with Gasteiger partial charge in [-0.1, -0.05) is 48.6 Å². The SMILES string of the molecule is CC=CC1(C=CC)C(=O)N(O)C(=O)C1(C=CC)C=CC. The van der Waals surface area contributed by atoms with Gasteiger partial charge in [-0.25, -0.2) is 0 Å². The first-order chi connectivity index (χ1) is 9.47. The zero-order valence-electron chi connectivity index (χ0n) is 12.3. The molecule has 1 saturated heterocycles. The molecule has 0 bridgehead atoms. The quantitative estimate of drug-likeness (QED) is 0.487. The smallest absolute Gasteiger partial charge is 0.268 e. The molecule has 4 nitrogen and oxygen atoms in total. The first-order valence-electron chi connectivity index (χ1n) is 6.60. The van der Waals surface area contributed by atoms with E-state index in [0.717, 1.165) is 0 Å². The lowest BCUT2D eigenvalue weighted by Gasteiger charge is -2.32. The number of rotatable bonds is 4. The zero-order chi connectivity index (χ0) is 15.4. The van der Waals surface area contributed by atoms with E-state index >= 15 is 0 Å². The van der Waals surface area contributed by atoms with E-state index in [2.05, 4.69) is 0 Å². The second-order valence-corrected chi connectivity index (χ2v) is 4.66. The maximum absolute atomic E-state index is 12.5. The molecule has 20 heavy (non-hydrogen) atoms. The standard InChI is InChI=1S/C16H21NO3/c1-5-9-15(10-6-2)13(18)17(20)14(19)16(15,11-7-3)12-8-4/h5-12,20H,1-4H3. The molecule has 4 heteroatoms. The zero-order valence-corrected chi connectivity index (χ0v) is 12.3. The lowest BCUT2D eigenvalue weighted by molar-refractivity contribution is -0.173. The number of carbonyl (C=O) groups is 2. The van der Waals surface area contributed by atoms with Crippen LogP contribution in [0.15, 0.2) is 48.6 Å². The van der Waals surface area contributed by atoms with Gasteiger partial charge < -0.3 is 0 Å². The minimum atomic E-state index is -1.23. The average Bonchev–Trinajstić information content (AvgIpc) is 2.56. The molecule has 0 aliphatic carbocycles. The van der Waals surface area contributed by atoms with E-state index in [1.807, 2.05) is 0 Å². The number of hydrogen-bond donors (Lipinski definition) is 1. The summed E-state index contributed by atoms with van der Waals surface area (Å²) in [5.41, 5.74) is -2.47. The van der Waals surface area contributed by atoms with Gasteiger partial charge in [0.25, 0.3) is 11.8 Å². The molecule has 1 aliphatic rings. The Kier molecular flexibility index (Phi) is 4.84. The number of hydroxylamine groups is 2. The number of allylic oxidation sites excluding steroid dienone is 4. The van der Waals surface area contributed by atoms with Crippen LogP contribution < -0.4 is 0 Å². The Morgan fingerprint density at radius 2 is 1.00 bits per heavy atom. The molecule has 1 fully saturated rings. The van der Waals surface area contributed by atoms with Gasteiger partial charge in [0, 0.05) is 0 Å². The Balaban J connectivity index is 3.80. The number of nitrogens with zero attached hydrogens (tertiary/aromatic N) is 1. The van der Waals surface area contributed by atoms with Crippen LogP contribution in [0.2, 0.25) is 0 Å². The largest absolute Gasteiger partial charge is 0.278 e. The lowest BCUT2D eigenvalue weighted by atomic mass is 9.63. The number of hydrogen-bond acceptors (Lipinski definition) is 3. The van der Waals surface area contributed by atoms with Crippen molar-refractivity contribution in [1.29, 1.82) is 0 Å². The molecule has 1 aliphatic heterocycles. The molecule has 1 rings (SSSR count). The van der Waals surface area contributed by atoms with Crippen LogP contribution in [0, 0.1) is 10.8 Å². The van der Waals surface area contributed by atoms with E-state index in [1.165, 1.54) is 0 Å². The fourth-order valence-electron chi connectivity index (χ4n) is 2.80. The Labute approximate surface area is 119 Å². The molecule has 1 N–H and O–H groups in total. The van der Waals surface area contributed by atoms with Crippen LogP contribution in [-0.4, -0.2) is 22.1 Å². The monoisotopic (exact) mass is 275 g/mol. The van der Waals surface area contributed by atoms with Gasteiger partial charge in [0.2, 0.25) is 0 Å². The van der Waals surface area contributed by atoms with E-state index in [9.17, 15) is 14.8 Å². The summed E-state index contributed by atoms with van der Waals surface area (Å²) in [5, 5.41) is 10.1. The fourth-order valence-corrected chi connectivity index (χ4v) is 2.80. The summed E-state index contributed by atoms with van der Waals surface area (Å²) < 4.78 is 0. The van der Waals surface area contributed by atoms with Crippen molar-refractivity contribution in [2.75, 3.05) is 0 Å². The van der Waals surface area contributed by atoms with Crippen LogP contribution in [0.4, 0.5) is 0 Å². The maximum Gasteiger partial charge on any atom is 0.268 e. The van der Waals surface area contributed by atoms with Gasteiger partial charge in [-0.2, -0.15) is 5.06 Å². The molecular weight excluding hydrogens is 254 g/mol. The second-order valence-electron chi connectivity index (χ2n) is 4.66. The molecule has 1 heterocycles. The van der Waals surface area contributed by atoms with Crippen molar-refractivity contribution in [3.63, 3.8) is 0 Å². The first-order valence-corrected chi connectivity index (χ1v) is 6.60. The van der Waals surface area contributed by atoms with Crippen molar-refractivity contribution in [2.45, 2.75) is 27.7 Å². The lowest BCUT2D eigenvalue weighted by Crippen LogP contribution is -2.39. The van der Waals surface area contributed by atoms with Crippen molar-refractivity contribution in [2.24, 2.45) is 10.8 Å². The number of amides is 2. The Hall–Kier alpha value is -1.94. The first kappa shape index (κ1) is 16.1. The Morgan fingerprint density at radius 3 is 1.20 bits per heavy atom. The predicted octanol–water partition coefficient (Wildman–Crippen LogP) is 3.02. The van der Waals surface area contributed by atoms with E-state index in [1.54, 1.807) is 76.3 Å². The Morgan fingerprint density at radius 1 is 0.750 bits per heavy atom. The summed E-state index contributed by atoms with van der Waals surface area (Å²) in [6.45, 7) is 7.11. The van der Waals surface area contributed by atoms with Gasteiger partial charge in [0.15, 0.2) is 0 Å². The van der Waals surface area contributed by atoms with Crippen LogP contribution in [0.25, 0.3) is 0 Å². The highest BCUT2D eigenvalue weighted by Gasteiger charge is 2.64. The van der Waals surface area contributed by atoms with Crippen LogP contribution in [-0.2, 0) is 9.59 Å². The van der Waals surface area contributed by atoms with E-state index in [4.69, 9.17) is 0 Å². The highest BCUT2D eigenvalue weighted by atomic mass is 16.5. The van der Waals surface area contributed by atoms with Gasteiger partial charge >= 0.3 is 0 Å². The normalized spacial score (nSPS) is 31.9. The Bertz CT molecular complexity index is 442. The van der Waals surface area contributed by atoms with Gasteiger partial charge in [-0.15, -0.1) is 0 Å². The topological polar surface area (TPSA) is 57.6 Å². The van der Waals surface area contributed by atoms with Crippen molar-refractivity contribution in [3.05, 3.63) is 48.6 Å². The predicted molar refractivity (Wildman–Crippen MR) is 77.8 cm³/mol. The summed E-state index contributed by atoms with van der Waals surface area (Å²) >= 11 is 0. The summed E-state index contributed by atoms with van der Waals surface area (Å²) in [4.78, 5) is 24.9. The summed E-state index contributed by atoms with van der Waals surface area (Å²) in [5.74, 6) is -1.29. The van der Waals surface area contributed by atoms with Gasteiger partial charge in [-0.3, -0.25) is 14.8 Å². The molecule has 108 valence electrons. The van der Waals surface area contributed by atoms with Crippen molar-refractivity contribution < 1.29 is 14.8 Å². The molecule has 0 aromatic rings. The summed E-state index contributed by atoms with van der Waals surface area (Å²) in [7, 11) is 0. The van der Waals surface area contributed by atoms with E-state index in [0.29, 0.717) is 0 Å². The third-order valence-corrected chi connectivity index (χ3v) is 3.50. The van der Waals surface area contributed by atoms with Gasteiger partial charge in [0.05, 0.1) is 0 Å². The minimum absolute atomic E-state index is 0.222. The summed E-state index contributed by atoms with van der Waals surface area (Å²) in [6, 6.07) is 0. The molecule has 0 saturated carbocycles.